The van der Waals surface area contributed by atoms with Crippen molar-refractivity contribution < 1.29 is 152 Å². The van der Waals surface area contributed by atoms with Gasteiger partial charge in [0.1, 0.15) is 5.78 Å². The Hall–Kier alpha value is -4.33. The fraction of sp³-hybridized carbons (Fsp3) is 0.873. The Kier molecular flexibility index (Phi) is 65.3. The molecule has 1 saturated heterocycles. The summed E-state index contributed by atoms with van der Waals surface area (Å²) in [5.41, 5.74) is 0. The van der Waals surface area contributed by atoms with Crippen molar-refractivity contribution in [2.75, 3.05) is 331 Å². The Morgan fingerprint density at radius 3 is 0.858 bits per heavy atom. The molecule has 3 rings (SSSR count). The summed E-state index contributed by atoms with van der Waals surface area (Å²) in [6, 6.07) is 0. The lowest BCUT2D eigenvalue weighted by molar-refractivity contribution is -0.197. The number of Topliss-reactive ketones (excluding diaryl/α,β-unsaturated/α-hetero) is 1. The molecular weight excluding hydrogens is 1410 g/mol. The summed E-state index contributed by atoms with van der Waals surface area (Å²) in [5, 5.41) is 3.22. The second-order valence-electron chi connectivity index (χ2n) is 23.7. The van der Waals surface area contributed by atoms with Gasteiger partial charge < -0.3 is 124 Å². The maximum absolute atomic E-state index is 13.5. The van der Waals surface area contributed by atoms with E-state index < -0.39 is 29.6 Å². The molecule has 0 radical (unpaired) electrons. The van der Waals surface area contributed by atoms with E-state index in [1.54, 1.807) is 7.11 Å². The van der Waals surface area contributed by atoms with Crippen LogP contribution in [0.4, 0.5) is 0 Å². The Balaban J connectivity index is 0.924. The van der Waals surface area contributed by atoms with E-state index in [-0.39, 0.29) is 81.3 Å². The third-order valence-electron chi connectivity index (χ3n) is 15.5. The zero-order valence-electron chi connectivity index (χ0n) is 62.9. The molecule has 1 N–H and O–H groups in total. The Bertz CT molecular complexity index is 2140. The van der Waals surface area contributed by atoms with Crippen LogP contribution in [-0.2, 0) is 152 Å². The minimum atomic E-state index is -0.875. The third kappa shape index (κ3) is 56.8. The lowest BCUT2D eigenvalue weighted by Crippen LogP contribution is -2.38. The van der Waals surface area contributed by atoms with E-state index >= 15 is 0 Å². The van der Waals surface area contributed by atoms with Gasteiger partial charge in [-0.3, -0.25) is 33.7 Å². The molecule has 1 saturated carbocycles. The lowest BCUT2D eigenvalue weighted by atomic mass is 9.77. The van der Waals surface area contributed by atoms with Crippen molar-refractivity contribution in [3.63, 3.8) is 0 Å². The SMILES string of the molecule is COCCOCCOCCOCCOCCOCCOCCOCCOCCOCCOCCOCCOCCOCCOCCOCCOCCOCCOCCOCCOCCOCCOCCOCCNC(=O)C(CCC(=O)ON1C(=O)CCC1=O)CC(=O)C1CCC(CN2C(=O)C=CC2=O)CC1. The topological polar surface area (TPSA) is 369 Å². The first-order valence-corrected chi connectivity index (χ1v) is 37.4. The van der Waals surface area contributed by atoms with Gasteiger partial charge in [-0.25, -0.2) is 4.79 Å². The number of nitrogens with one attached hydrogen (secondary N) is 1. The molecule has 1 atom stereocenters. The molecule has 5 amide bonds. The van der Waals surface area contributed by atoms with Gasteiger partial charge in [0.2, 0.25) is 5.91 Å². The van der Waals surface area contributed by atoms with Crippen LogP contribution in [0, 0.1) is 17.8 Å². The fourth-order valence-electron chi connectivity index (χ4n) is 9.84. The standard InChI is InChI=1S/C71H125N3O32/c1-82-14-15-84-18-19-86-22-23-88-26-27-90-30-31-92-34-35-94-38-39-96-42-43-98-46-47-100-50-51-102-54-55-104-58-59-105-57-56-103-53-52-101-49-48-99-45-44-97-41-40-95-37-36-93-33-32-91-29-28-89-25-24-87-21-20-85-17-16-83-13-12-72-71(81)64(6-11-70(80)106-74-68(78)9-10-69(74)79)60-65(75)63-4-2-62(3-5-63)61-73-66(76)7-8-67(73)77/h7-8,62-64H,2-6,9-61H2,1H3,(H,72,81). The summed E-state index contributed by atoms with van der Waals surface area (Å²) in [5.74, 6) is -4.46. The van der Waals surface area contributed by atoms with Crippen LogP contribution in [0.2, 0.25) is 0 Å². The van der Waals surface area contributed by atoms with E-state index in [1.165, 1.54) is 17.1 Å². The maximum atomic E-state index is 13.5. The van der Waals surface area contributed by atoms with Gasteiger partial charge in [-0.2, -0.15) is 0 Å². The van der Waals surface area contributed by atoms with E-state index in [9.17, 15) is 33.6 Å². The fourth-order valence-corrected chi connectivity index (χ4v) is 9.84. The van der Waals surface area contributed by atoms with Crippen LogP contribution in [0.1, 0.15) is 57.8 Å². The summed E-state index contributed by atoms with van der Waals surface area (Å²) in [6.45, 7) is 21.8. The lowest BCUT2D eigenvalue weighted by Gasteiger charge is -2.30. The van der Waals surface area contributed by atoms with Crippen molar-refractivity contribution in [1.82, 2.24) is 15.3 Å². The predicted octanol–water partition coefficient (Wildman–Crippen LogP) is 0.825. The molecule has 35 nitrogen and oxygen atoms in total. The van der Waals surface area contributed by atoms with Gasteiger partial charge in [0.25, 0.3) is 23.6 Å². The quantitative estimate of drug-likeness (QED) is 0.0651. The van der Waals surface area contributed by atoms with Crippen molar-refractivity contribution in [2.24, 2.45) is 17.8 Å². The first kappa shape index (κ1) is 95.9. The number of hydroxylamine groups is 2. The molecule has 2 fully saturated rings. The predicted molar refractivity (Wildman–Crippen MR) is 375 cm³/mol. The number of nitrogens with zero attached hydrogens (tertiary/aromatic N) is 2. The second-order valence-corrected chi connectivity index (χ2v) is 23.7. The number of rotatable bonds is 82. The van der Waals surface area contributed by atoms with Crippen molar-refractivity contribution in [3.05, 3.63) is 12.2 Å². The average molecular weight is 1530 g/mol. The molecule has 1 aliphatic carbocycles. The van der Waals surface area contributed by atoms with Crippen LogP contribution in [0.3, 0.4) is 0 Å². The zero-order valence-corrected chi connectivity index (χ0v) is 62.9. The first-order chi connectivity index (χ1) is 52.2. The van der Waals surface area contributed by atoms with Gasteiger partial charge in [-0.1, -0.05) is 0 Å². The number of amides is 5. The maximum Gasteiger partial charge on any atom is 0.333 e. The molecule has 616 valence electrons. The van der Waals surface area contributed by atoms with Crippen LogP contribution >= 0.6 is 0 Å². The van der Waals surface area contributed by atoms with Crippen LogP contribution < -0.4 is 5.32 Å². The second kappa shape index (κ2) is 72.2. The van der Waals surface area contributed by atoms with E-state index in [2.05, 4.69) is 5.32 Å². The molecule has 106 heavy (non-hydrogen) atoms. The summed E-state index contributed by atoms with van der Waals surface area (Å²) in [6.07, 6.45) is 4.30. The summed E-state index contributed by atoms with van der Waals surface area (Å²) in [7, 11) is 1.64. The van der Waals surface area contributed by atoms with Gasteiger partial charge >= 0.3 is 5.97 Å². The zero-order chi connectivity index (χ0) is 75.7. The summed E-state index contributed by atoms with van der Waals surface area (Å²) in [4.78, 5) is 93.5. The average Bonchev–Trinajstić information content (AvgIpc) is 1.62. The number of hydrogen-bond donors (Lipinski definition) is 1. The molecule has 35 heteroatoms. The van der Waals surface area contributed by atoms with Crippen LogP contribution in [0.5, 0.6) is 0 Å². The van der Waals surface area contributed by atoms with Crippen LogP contribution in [0.25, 0.3) is 0 Å². The molecule has 3 aliphatic rings. The van der Waals surface area contributed by atoms with Crippen molar-refractivity contribution in [1.29, 1.82) is 0 Å². The number of carbonyl (C=O) groups is 7. The van der Waals surface area contributed by atoms with Gasteiger partial charge in [-0.05, 0) is 38.0 Å². The van der Waals surface area contributed by atoms with E-state index in [1.807, 2.05) is 0 Å². The van der Waals surface area contributed by atoms with Gasteiger partial charge in [0, 0.05) is 69.9 Å². The number of methoxy groups -OCH3 is 1. The van der Waals surface area contributed by atoms with Gasteiger partial charge in [0.15, 0.2) is 0 Å². The molecule has 0 aromatic rings. The minimum Gasteiger partial charge on any atom is -0.382 e. The highest BCUT2D eigenvalue weighted by Crippen LogP contribution is 2.32. The number of ether oxygens (including phenoxy) is 24. The van der Waals surface area contributed by atoms with E-state index in [0.29, 0.717) is 335 Å². The monoisotopic (exact) mass is 1530 g/mol. The molecule has 0 aromatic carbocycles. The molecule has 0 spiro atoms. The smallest absolute Gasteiger partial charge is 0.333 e. The molecule has 0 bridgehead atoms. The van der Waals surface area contributed by atoms with Gasteiger partial charge in [-0.15, -0.1) is 5.06 Å². The number of ketones is 1. The van der Waals surface area contributed by atoms with Crippen molar-refractivity contribution in [2.45, 2.75) is 57.8 Å². The van der Waals surface area contributed by atoms with Crippen LogP contribution in [-0.4, -0.2) is 382 Å². The highest BCUT2D eigenvalue weighted by molar-refractivity contribution is 6.12. The highest BCUT2D eigenvalue weighted by atomic mass is 16.7. The molecule has 1 unspecified atom stereocenters. The normalized spacial score (nSPS) is 15.7. The molecule has 0 aromatic heterocycles. The van der Waals surface area contributed by atoms with Gasteiger partial charge in [0.05, 0.1) is 311 Å². The third-order valence-corrected chi connectivity index (χ3v) is 15.5. The Morgan fingerprint density at radius 1 is 0.358 bits per heavy atom. The molecular formula is C71H125N3O32. The Morgan fingerprint density at radius 2 is 0.604 bits per heavy atom. The molecule has 2 heterocycles. The first-order valence-electron chi connectivity index (χ1n) is 37.4. The van der Waals surface area contributed by atoms with Crippen LogP contribution in [0.15, 0.2) is 12.2 Å². The number of hydrogen-bond acceptors (Lipinski definition) is 32. The van der Waals surface area contributed by atoms with E-state index in [0.717, 1.165) is 0 Å². The Labute approximate surface area is 625 Å². The highest BCUT2D eigenvalue weighted by Gasteiger charge is 2.35. The summed E-state index contributed by atoms with van der Waals surface area (Å²) >= 11 is 0. The number of carbonyl (C=O) groups excluding carboxylic acids is 7. The largest absolute Gasteiger partial charge is 0.382 e. The summed E-state index contributed by atoms with van der Waals surface area (Å²) < 4.78 is 132. The number of imide groups is 2. The molecule has 2 aliphatic heterocycles. The minimum absolute atomic E-state index is 0.0463. The van der Waals surface area contributed by atoms with Crippen molar-refractivity contribution >= 4 is 41.3 Å². The van der Waals surface area contributed by atoms with E-state index in [4.69, 9.17) is 119 Å². The van der Waals surface area contributed by atoms with Crippen molar-refractivity contribution in [3.8, 4) is 0 Å².